The first kappa shape index (κ1) is 8.87. The maximum Gasteiger partial charge on any atom is 0.231 e. The zero-order valence-corrected chi connectivity index (χ0v) is 7.74. The number of carbonyl (C=O) groups excluding carboxylic acids is 1. The lowest BCUT2D eigenvalue weighted by Crippen LogP contribution is -1.96. The monoisotopic (exact) mass is 194 g/mol. The molecule has 1 aromatic rings. The van der Waals surface area contributed by atoms with Crippen LogP contribution in [-0.2, 0) is 0 Å². The number of Topliss-reactive ketones (excluding diaryl/α,β-unsaturated/α-hetero) is 1. The van der Waals surface area contributed by atoms with Gasteiger partial charge >= 0.3 is 0 Å². The molecule has 74 valence electrons. The lowest BCUT2D eigenvalue weighted by atomic mass is 10.1. The van der Waals surface area contributed by atoms with E-state index in [1.807, 2.05) is 0 Å². The molecule has 2 rings (SSSR count). The molecule has 14 heavy (non-hydrogen) atoms. The van der Waals surface area contributed by atoms with Crippen LogP contribution in [0.1, 0.15) is 23.7 Å². The van der Waals surface area contributed by atoms with Crippen LogP contribution >= 0.6 is 0 Å². The molecule has 1 aliphatic rings. The van der Waals surface area contributed by atoms with Crippen LogP contribution in [0.2, 0.25) is 0 Å². The van der Waals surface area contributed by atoms with Crippen LogP contribution in [0.5, 0.6) is 17.2 Å². The maximum atomic E-state index is 11.4. The number of rotatable bonds is 2. The summed E-state index contributed by atoms with van der Waals surface area (Å²) >= 11 is 0. The van der Waals surface area contributed by atoms with Crippen molar-refractivity contribution in [1.82, 2.24) is 0 Å². The van der Waals surface area contributed by atoms with Crippen LogP contribution in [0.25, 0.3) is 0 Å². The van der Waals surface area contributed by atoms with Gasteiger partial charge in [-0.1, -0.05) is 6.92 Å². The third kappa shape index (κ3) is 1.28. The van der Waals surface area contributed by atoms with E-state index in [9.17, 15) is 9.90 Å². The Hall–Kier alpha value is -1.71. The molecule has 0 atom stereocenters. The summed E-state index contributed by atoms with van der Waals surface area (Å²) in [5.74, 6) is 0.676. The molecule has 1 aromatic carbocycles. The molecule has 1 heterocycles. The summed E-state index contributed by atoms with van der Waals surface area (Å²) in [6.07, 6.45) is 0.402. The van der Waals surface area contributed by atoms with Crippen molar-refractivity contribution >= 4 is 5.78 Å². The van der Waals surface area contributed by atoms with E-state index in [1.54, 1.807) is 13.0 Å². The molecule has 1 N–H and O–H groups in total. The van der Waals surface area contributed by atoms with Crippen LogP contribution < -0.4 is 9.47 Å². The molecule has 0 saturated heterocycles. The summed E-state index contributed by atoms with van der Waals surface area (Å²) in [6.45, 7) is 1.86. The van der Waals surface area contributed by atoms with Crippen molar-refractivity contribution in [1.29, 1.82) is 0 Å². The standard InChI is InChI=1S/C10H10O4/c1-2-7(11)6-3-8(12)10-9(4-6)13-5-14-10/h3-4,12H,2,5H2,1H3. The van der Waals surface area contributed by atoms with Crippen molar-refractivity contribution in [3.05, 3.63) is 17.7 Å². The van der Waals surface area contributed by atoms with Crippen molar-refractivity contribution < 1.29 is 19.4 Å². The largest absolute Gasteiger partial charge is 0.504 e. The Morgan fingerprint density at radius 1 is 1.50 bits per heavy atom. The van der Waals surface area contributed by atoms with Crippen molar-refractivity contribution in [3.8, 4) is 17.2 Å². The first-order chi connectivity index (χ1) is 6.72. The summed E-state index contributed by atoms with van der Waals surface area (Å²) in [7, 11) is 0. The van der Waals surface area contributed by atoms with Crippen LogP contribution in [0, 0.1) is 0 Å². The second-order valence-corrected chi connectivity index (χ2v) is 3.01. The Kier molecular flexibility index (Phi) is 2.04. The van der Waals surface area contributed by atoms with E-state index < -0.39 is 0 Å². The average molecular weight is 194 g/mol. The molecular formula is C10H10O4. The van der Waals surface area contributed by atoms with Crippen molar-refractivity contribution in [2.24, 2.45) is 0 Å². The topological polar surface area (TPSA) is 55.8 Å². The number of ketones is 1. The molecule has 0 aliphatic carbocycles. The van der Waals surface area contributed by atoms with Crippen LogP contribution in [0.15, 0.2) is 12.1 Å². The number of benzene rings is 1. The van der Waals surface area contributed by atoms with E-state index in [0.29, 0.717) is 23.5 Å². The highest BCUT2D eigenvalue weighted by molar-refractivity contribution is 5.97. The van der Waals surface area contributed by atoms with Gasteiger partial charge in [-0.2, -0.15) is 0 Å². The van der Waals surface area contributed by atoms with Gasteiger partial charge in [-0.25, -0.2) is 0 Å². The highest BCUT2D eigenvalue weighted by Crippen LogP contribution is 2.41. The Morgan fingerprint density at radius 2 is 2.29 bits per heavy atom. The van der Waals surface area contributed by atoms with Gasteiger partial charge in [0, 0.05) is 12.0 Å². The highest BCUT2D eigenvalue weighted by atomic mass is 16.7. The van der Waals surface area contributed by atoms with Gasteiger partial charge in [-0.15, -0.1) is 0 Å². The third-order valence-electron chi connectivity index (χ3n) is 2.10. The molecule has 0 radical (unpaired) electrons. The fourth-order valence-electron chi connectivity index (χ4n) is 1.36. The lowest BCUT2D eigenvalue weighted by Gasteiger charge is -2.02. The number of fused-ring (bicyclic) bond motifs is 1. The summed E-state index contributed by atoms with van der Waals surface area (Å²) in [6, 6.07) is 2.99. The van der Waals surface area contributed by atoms with Gasteiger partial charge in [0.25, 0.3) is 0 Å². The van der Waals surface area contributed by atoms with Gasteiger partial charge in [0.15, 0.2) is 17.3 Å². The predicted molar refractivity (Wildman–Crippen MR) is 48.9 cm³/mol. The second-order valence-electron chi connectivity index (χ2n) is 3.01. The number of phenols is 1. The zero-order valence-electron chi connectivity index (χ0n) is 7.74. The van der Waals surface area contributed by atoms with Gasteiger partial charge in [0.05, 0.1) is 0 Å². The van der Waals surface area contributed by atoms with Gasteiger partial charge in [-0.05, 0) is 12.1 Å². The van der Waals surface area contributed by atoms with Gasteiger partial charge in [0.2, 0.25) is 12.5 Å². The van der Waals surface area contributed by atoms with Gasteiger partial charge in [-0.3, -0.25) is 4.79 Å². The van der Waals surface area contributed by atoms with E-state index in [1.165, 1.54) is 6.07 Å². The zero-order chi connectivity index (χ0) is 10.1. The lowest BCUT2D eigenvalue weighted by molar-refractivity contribution is 0.0987. The summed E-state index contributed by atoms with van der Waals surface area (Å²) in [5, 5.41) is 9.50. The van der Waals surface area contributed by atoms with Crippen LogP contribution in [0.3, 0.4) is 0 Å². The predicted octanol–water partition coefficient (Wildman–Crippen LogP) is 1.71. The van der Waals surface area contributed by atoms with Crippen LogP contribution in [-0.4, -0.2) is 17.7 Å². The van der Waals surface area contributed by atoms with Crippen molar-refractivity contribution in [2.75, 3.05) is 6.79 Å². The quantitative estimate of drug-likeness (QED) is 0.728. The number of ether oxygens (including phenoxy) is 2. The van der Waals surface area contributed by atoms with E-state index in [4.69, 9.17) is 9.47 Å². The number of aromatic hydroxyl groups is 1. The smallest absolute Gasteiger partial charge is 0.231 e. The van der Waals surface area contributed by atoms with E-state index >= 15 is 0 Å². The fraction of sp³-hybridized carbons (Fsp3) is 0.300. The molecule has 0 amide bonds. The fourth-order valence-corrected chi connectivity index (χ4v) is 1.36. The van der Waals surface area contributed by atoms with E-state index in [2.05, 4.69) is 0 Å². The summed E-state index contributed by atoms with van der Waals surface area (Å²) in [5.41, 5.74) is 0.453. The van der Waals surface area contributed by atoms with Crippen molar-refractivity contribution in [2.45, 2.75) is 13.3 Å². The average Bonchev–Trinajstić information content (AvgIpc) is 2.64. The number of hydrogen-bond acceptors (Lipinski definition) is 4. The van der Waals surface area contributed by atoms with E-state index in [0.717, 1.165) is 0 Å². The van der Waals surface area contributed by atoms with Gasteiger partial charge < -0.3 is 14.6 Å². The van der Waals surface area contributed by atoms with Crippen LogP contribution in [0.4, 0.5) is 0 Å². The Morgan fingerprint density at radius 3 is 3.00 bits per heavy atom. The molecule has 0 bridgehead atoms. The number of hydrogen-bond donors (Lipinski definition) is 1. The summed E-state index contributed by atoms with van der Waals surface area (Å²) < 4.78 is 10.1. The Bertz CT molecular complexity index is 384. The molecule has 4 heteroatoms. The molecular weight excluding hydrogens is 184 g/mol. The molecule has 4 nitrogen and oxygen atoms in total. The molecule has 0 fully saturated rings. The first-order valence-electron chi connectivity index (χ1n) is 4.38. The Balaban J connectivity index is 2.46. The highest BCUT2D eigenvalue weighted by Gasteiger charge is 2.20. The third-order valence-corrected chi connectivity index (χ3v) is 2.10. The normalized spacial score (nSPS) is 12.9. The van der Waals surface area contributed by atoms with Crippen molar-refractivity contribution in [3.63, 3.8) is 0 Å². The van der Waals surface area contributed by atoms with Gasteiger partial charge in [0.1, 0.15) is 0 Å². The first-order valence-corrected chi connectivity index (χ1v) is 4.38. The second kappa shape index (κ2) is 3.21. The minimum atomic E-state index is -0.0446. The maximum absolute atomic E-state index is 11.4. The Labute approximate surface area is 81.1 Å². The molecule has 1 aliphatic heterocycles. The molecule has 0 aromatic heterocycles. The minimum absolute atomic E-state index is 0.0291. The number of phenolic OH excluding ortho intramolecular Hbond substituents is 1. The molecule has 0 spiro atoms. The van der Waals surface area contributed by atoms with E-state index in [-0.39, 0.29) is 18.3 Å². The number of carbonyl (C=O) groups is 1. The summed E-state index contributed by atoms with van der Waals surface area (Å²) in [4.78, 5) is 11.4. The minimum Gasteiger partial charge on any atom is -0.504 e. The SMILES string of the molecule is CCC(=O)c1cc(O)c2c(c1)OCO2. The molecule has 0 saturated carbocycles. The molecule has 0 unspecified atom stereocenters.